The third-order valence-electron chi connectivity index (χ3n) is 8.77. The Bertz CT molecular complexity index is 1150. The normalized spacial score (nSPS) is 25.8. The third-order valence-corrected chi connectivity index (χ3v) is 9.06. The maximum Gasteiger partial charge on any atom is 0.227 e. The van der Waals surface area contributed by atoms with Crippen molar-refractivity contribution in [3.8, 4) is 0 Å². The van der Waals surface area contributed by atoms with Gasteiger partial charge in [0, 0.05) is 24.2 Å². The molecule has 2 saturated carbocycles. The fourth-order valence-corrected chi connectivity index (χ4v) is 6.90. The van der Waals surface area contributed by atoms with Gasteiger partial charge in [-0.05, 0) is 124 Å². The lowest BCUT2D eigenvalue weighted by molar-refractivity contribution is -0.121. The van der Waals surface area contributed by atoms with Crippen molar-refractivity contribution >= 4 is 34.8 Å². The van der Waals surface area contributed by atoms with Gasteiger partial charge < -0.3 is 15.5 Å². The molecule has 5 nitrogen and oxygen atoms in total. The number of nitrogens with one attached hydrogen (secondary N) is 2. The maximum atomic E-state index is 13.6. The second kappa shape index (κ2) is 11.1. The Hall–Kier alpha value is -2.44. The third kappa shape index (κ3) is 6.18. The molecule has 0 aromatic heterocycles. The van der Waals surface area contributed by atoms with Crippen molar-refractivity contribution in [2.75, 3.05) is 30.3 Å². The van der Waals surface area contributed by atoms with Gasteiger partial charge in [-0.2, -0.15) is 0 Å². The molecule has 4 atom stereocenters. The molecule has 37 heavy (non-hydrogen) atoms. The standard InChI is InChI=1S/C30H37ClFN3O2/c1-20(36)33-25-6-4-5-23(17-25)30-11-9-21(16-24(30)19-30)15-22(10-14-35-12-2-3-13-35)29(37)34-26-7-8-28(32)27(31)18-26/h4-8,17-18,21-22,24H,2-3,9-16,19H2,1H3,(H,33,36)(H,34,37)/t21-,22?,24?,30?/m0/s1. The average Bonchev–Trinajstić information content (AvgIpc) is 3.37. The number of halogens is 2. The van der Waals surface area contributed by atoms with E-state index in [9.17, 15) is 14.0 Å². The highest BCUT2D eigenvalue weighted by Crippen LogP contribution is 2.64. The van der Waals surface area contributed by atoms with Crippen molar-refractivity contribution in [3.63, 3.8) is 0 Å². The van der Waals surface area contributed by atoms with Crippen molar-refractivity contribution in [2.24, 2.45) is 17.8 Å². The molecule has 5 rings (SSSR count). The van der Waals surface area contributed by atoms with Crippen LogP contribution >= 0.6 is 11.6 Å². The van der Waals surface area contributed by atoms with Crippen LogP contribution in [-0.2, 0) is 15.0 Å². The monoisotopic (exact) mass is 525 g/mol. The second-order valence-electron chi connectivity index (χ2n) is 11.3. The van der Waals surface area contributed by atoms with Gasteiger partial charge in [0.15, 0.2) is 0 Å². The fourth-order valence-electron chi connectivity index (χ4n) is 6.72. The smallest absolute Gasteiger partial charge is 0.227 e. The zero-order valence-electron chi connectivity index (χ0n) is 21.6. The van der Waals surface area contributed by atoms with Crippen molar-refractivity contribution < 1.29 is 14.0 Å². The van der Waals surface area contributed by atoms with E-state index in [0.29, 0.717) is 17.5 Å². The first-order chi connectivity index (χ1) is 17.8. The van der Waals surface area contributed by atoms with Gasteiger partial charge >= 0.3 is 0 Å². The van der Waals surface area contributed by atoms with Crippen LogP contribution in [0.2, 0.25) is 5.02 Å². The van der Waals surface area contributed by atoms with Gasteiger partial charge in [0.05, 0.1) is 5.02 Å². The van der Waals surface area contributed by atoms with Crippen LogP contribution in [-0.4, -0.2) is 36.3 Å². The summed E-state index contributed by atoms with van der Waals surface area (Å²) in [4.78, 5) is 27.4. The number of nitrogens with zero attached hydrogens (tertiary/aromatic N) is 1. The first-order valence-electron chi connectivity index (χ1n) is 13.7. The SMILES string of the molecule is CC(=O)Nc1cccc(C23CC[C@@H](CC(CCN4CCCC4)C(=O)Nc4ccc(F)c(Cl)c4)CC2C3)c1. The molecule has 0 bridgehead atoms. The van der Waals surface area contributed by atoms with E-state index in [-0.39, 0.29) is 28.2 Å². The Morgan fingerprint density at radius 2 is 1.92 bits per heavy atom. The number of fused-ring (bicyclic) bond motifs is 1. The van der Waals surface area contributed by atoms with Crippen LogP contribution in [0.15, 0.2) is 42.5 Å². The van der Waals surface area contributed by atoms with Crippen molar-refractivity contribution in [2.45, 2.75) is 63.7 Å². The van der Waals surface area contributed by atoms with Crippen LogP contribution < -0.4 is 10.6 Å². The minimum Gasteiger partial charge on any atom is -0.326 e. The molecule has 1 aliphatic heterocycles. The maximum absolute atomic E-state index is 13.6. The van der Waals surface area contributed by atoms with E-state index in [1.165, 1.54) is 43.9 Å². The number of hydrogen-bond acceptors (Lipinski definition) is 3. The molecule has 198 valence electrons. The highest BCUT2D eigenvalue weighted by Gasteiger charge is 2.57. The van der Waals surface area contributed by atoms with Crippen molar-refractivity contribution in [1.82, 2.24) is 4.90 Å². The topological polar surface area (TPSA) is 61.4 Å². The Kier molecular flexibility index (Phi) is 7.87. The summed E-state index contributed by atoms with van der Waals surface area (Å²) >= 11 is 5.94. The van der Waals surface area contributed by atoms with Gasteiger partial charge in [0.2, 0.25) is 11.8 Å². The molecule has 3 fully saturated rings. The fraction of sp³-hybridized carbons (Fsp3) is 0.533. The summed E-state index contributed by atoms with van der Waals surface area (Å²) in [6.07, 6.45) is 8.75. The molecule has 2 aliphatic carbocycles. The van der Waals surface area contributed by atoms with Crippen LogP contribution in [0.25, 0.3) is 0 Å². The Morgan fingerprint density at radius 3 is 2.65 bits per heavy atom. The Balaban J connectivity index is 1.23. The lowest BCUT2D eigenvalue weighted by Gasteiger charge is -2.31. The summed E-state index contributed by atoms with van der Waals surface area (Å²) in [5.41, 5.74) is 2.97. The molecular weight excluding hydrogens is 489 g/mol. The number of carbonyl (C=O) groups is 2. The van der Waals surface area contributed by atoms with Crippen LogP contribution in [0, 0.1) is 23.6 Å². The molecule has 1 heterocycles. The number of anilines is 2. The van der Waals surface area contributed by atoms with E-state index < -0.39 is 5.82 Å². The zero-order chi connectivity index (χ0) is 26.0. The number of amides is 2. The van der Waals surface area contributed by atoms with Crippen LogP contribution in [0.4, 0.5) is 15.8 Å². The minimum atomic E-state index is -0.483. The number of hydrogen-bond donors (Lipinski definition) is 2. The first-order valence-corrected chi connectivity index (χ1v) is 14.1. The summed E-state index contributed by atoms with van der Waals surface area (Å²) in [6, 6.07) is 12.7. The Labute approximate surface area is 224 Å². The Morgan fingerprint density at radius 1 is 1.14 bits per heavy atom. The molecular formula is C30H37ClFN3O2. The molecule has 2 amide bonds. The molecule has 3 aliphatic rings. The predicted octanol–water partition coefficient (Wildman–Crippen LogP) is 6.63. The lowest BCUT2D eigenvalue weighted by Crippen LogP contribution is -2.31. The summed E-state index contributed by atoms with van der Waals surface area (Å²) in [7, 11) is 0. The molecule has 3 unspecified atom stereocenters. The first kappa shape index (κ1) is 26.2. The highest BCUT2D eigenvalue weighted by molar-refractivity contribution is 6.31. The van der Waals surface area contributed by atoms with Crippen LogP contribution in [0.5, 0.6) is 0 Å². The van der Waals surface area contributed by atoms with Gasteiger partial charge in [-0.3, -0.25) is 9.59 Å². The number of rotatable bonds is 9. The lowest BCUT2D eigenvalue weighted by atomic mass is 9.74. The van der Waals surface area contributed by atoms with Gasteiger partial charge in [0.1, 0.15) is 5.82 Å². The van der Waals surface area contributed by atoms with Gasteiger partial charge in [-0.1, -0.05) is 23.7 Å². The van der Waals surface area contributed by atoms with E-state index in [2.05, 4.69) is 27.7 Å². The molecule has 0 spiro atoms. The summed E-state index contributed by atoms with van der Waals surface area (Å²) in [5, 5.41) is 5.94. The minimum absolute atomic E-state index is 0.0116. The molecule has 2 N–H and O–H groups in total. The van der Waals surface area contributed by atoms with Crippen LogP contribution in [0.1, 0.15) is 63.9 Å². The molecule has 2 aromatic rings. The van der Waals surface area contributed by atoms with E-state index in [1.807, 2.05) is 12.1 Å². The molecule has 7 heteroatoms. The summed E-state index contributed by atoms with van der Waals surface area (Å²) in [5.74, 6) is 0.554. The summed E-state index contributed by atoms with van der Waals surface area (Å²) < 4.78 is 13.6. The molecule has 2 aromatic carbocycles. The zero-order valence-corrected chi connectivity index (χ0v) is 22.3. The molecule has 1 saturated heterocycles. The van der Waals surface area contributed by atoms with Crippen molar-refractivity contribution in [3.05, 3.63) is 58.9 Å². The highest BCUT2D eigenvalue weighted by atomic mass is 35.5. The van der Waals surface area contributed by atoms with Crippen molar-refractivity contribution in [1.29, 1.82) is 0 Å². The average molecular weight is 526 g/mol. The number of benzene rings is 2. The number of likely N-dealkylation sites (tertiary alicyclic amines) is 1. The number of carbonyl (C=O) groups excluding carboxylic acids is 2. The van der Waals surface area contributed by atoms with Gasteiger partial charge in [-0.15, -0.1) is 0 Å². The van der Waals surface area contributed by atoms with E-state index >= 15 is 0 Å². The molecule has 0 radical (unpaired) electrons. The predicted molar refractivity (Wildman–Crippen MR) is 146 cm³/mol. The van der Waals surface area contributed by atoms with Gasteiger partial charge in [-0.25, -0.2) is 4.39 Å². The quantitative estimate of drug-likeness (QED) is 0.386. The second-order valence-corrected chi connectivity index (χ2v) is 11.8. The van der Waals surface area contributed by atoms with E-state index in [4.69, 9.17) is 11.6 Å². The summed E-state index contributed by atoms with van der Waals surface area (Å²) in [6.45, 7) is 4.72. The largest absolute Gasteiger partial charge is 0.326 e. The van der Waals surface area contributed by atoms with Crippen LogP contribution in [0.3, 0.4) is 0 Å². The van der Waals surface area contributed by atoms with E-state index in [0.717, 1.165) is 57.4 Å². The van der Waals surface area contributed by atoms with E-state index in [1.54, 1.807) is 6.07 Å². The van der Waals surface area contributed by atoms with Gasteiger partial charge in [0.25, 0.3) is 0 Å².